The number of rotatable bonds is 5. The highest BCUT2D eigenvalue weighted by atomic mass is 16.5. The van der Waals surface area contributed by atoms with E-state index < -0.39 is 11.9 Å². The standard InChI is InChI=1S/C14H18N2O4/c1-4-16(5-2)13(18)10-6-9(12(15)17)7-11(8-10)14(19)20-3/h6-8H,4-5H2,1-3H3,(H2,15,17). The van der Waals surface area contributed by atoms with E-state index in [9.17, 15) is 14.4 Å². The molecule has 0 radical (unpaired) electrons. The average Bonchev–Trinajstić information content (AvgIpc) is 2.46. The largest absolute Gasteiger partial charge is 0.465 e. The lowest BCUT2D eigenvalue weighted by Gasteiger charge is -2.19. The van der Waals surface area contributed by atoms with Crippen LogP contribution in [0.25, 0.3) is 0 Å². The predicted molar refractivity (Wildman–Crippen MR) is 73.6 cm³/mol. The van der Waals surface area contributed by atoms with Crippen molar-refractivity contribution >= 4 is 17.8 Å². The molecule has 0 unspecified atom stereocenters. The van der Waals surface area contributed by atoms with Crippen LogP contribution in [0.4, 0.5) is 0 Å². The minimum Gasteiger partial charge on any atom is -0.465 e. The van der Waals surface area contributed by atoms with Gasteiger partial charge in [0.15, 0.2) is 0 Å². The van der Waals surface area contributed by atoms with Gasteiger partial charge in [-0.25, -0.2) is 4.79 Å². The Hall–Kier alpha value is -2.37. The summed E-state index contributed by atoms with van der Waals surface area (Å²) in [6.45, 7) is 4.76. The molecule has 20 heavy (non-hydrogen) atoms. The lowest BCUT2D eigenvalue weighted by Crippen LogP contribution is -2.31. The number of ether oxygens (including phenoxy) is 1. The Morgan fingerprint density at radius 3 is 2.00 bits per heavy atom. The van der Waals surface area contributed by atoms with Gasteiger partial charge in [-0.1, -0.05) is 0 Å². The molecule has 1 aromatic carbocycles. The van der Waals surface area contributed by atoms with Gasteiger partial charge in [-0.3, -0.25) is 9.59 Å². The Balaban J connectivity index is 3.31. The van der Waals surface area contributed by atoms with Crippen LogP contribution < -0.4 is 5.73 Å². The number of carbonyl (C=O) groups excluding carboxylic acids is 3. The number of esters is 1. The molecule has 6 nitrogen and oxygen atoms in total. The first-order valence-corrected chi connectivity index (χ1v) is 6.27. The molecule has 0 fully saturated rings. The van der Waals surface area contributed by atoms with Gasteiger partial charge in [0.2, 0.25) is 5.91 Å². The maximum atomic E-state index is 12.3. The lowest BCUT2D eigenvalue weighted by molar-refractivity contribution is 0.0600. The van der Waals surface area contributed by atoms with Crippen LogP contribution in [0.2, 0.25) is 0 Å². The van der Waals surface area contributed by atoms with Crippen molar-refractivity contribution in [3.63, 3.8) is 0 Å². The number of methoxy groups -OCH3 is 1. The van der Waals surface area contributed by atoms with Crippen LogP contribution >= 0.6 is 0 Å². The van der Waals surface area contributed by atoms with E-state index in [2.05, 4.69) is 4.74 Å². The molecule has 0 saturated carbocycles. The summed E-state index contributed by atoms with van der Waals surface area (Å²) in [4.78, 5) is 36.7. The minimum absolute atomic E-state index is 0.100. The van der Waals surface area contributed by atoms with Crippen molar-refractivity contribution in [1.82, 2.24) is 4.90 Å². The maximum absolute atomic E-state index is 12.3. The van der Waals surface area contributed by atoms with E-state index in [4.69, 9.17) is 5.73 Å². The van der Waals surface area contributed by atoms with E-state index in [-0.39, 0.29) is 22.6 Å². The van der Waals surface area contributed by atoms with Crippen LogP contribution in [-0.4, -0.2) is 42.9 Å². The molecule has 0 aliphatic carbocycles. The number of hydrogen-bond acceptors (Lipinski definition) is 4. The SMILES string of the molecule is CCN(CC)C(=O)c1cc(C(N)=O)cc(C(=O)OC)c1. The van der Waals surface area contributed by atoms with Gasteiger partial charge in [0, 0.05) is 24.2 Å². The van der Waals surface area contributed by atoms with Crippen molar-refractivity contribution in [3.05, 3.63) is 34.9 Å². The molecule has 0 aliphatic rings. The summed E-state index contributed by atoms with van der Waals surface area (Å²) in [6, 6.07) is 4.10. The quantitative estimate of drug-likeness (QED) is 0.815. The fourth-order valence-electron chi connectivity index (χ4n) is 1.82. The summed E-state index contributed by atoms with van der Waals surface area (Å²) in [6.07, 6.45) is 0. The van der Waals surface area contributed by atoms with E-state index >= 15 is 0 Å². The monoisotopic (exact) mass is 278 g/mol. The number of nitrogens with zero attached hydrogens (tertiary/aromatic N) is 1. The predicted octanol–water partition coefficient (Wildman–Crippen LogP) is 1.05. The molecule has 0 bridgehead atoms. The molecule has 2 N–H and O–H groups in total. The number of nitrogens with two attached hydrogens (primary N) is 1. The van der Waals surface area contributed by atoms with Gasteiger partial charge in [-0.05, 0) is 32.0 Å². The summed E-state index contributed by atoms with van der Waals surface area (Å²) in [5, 5.41) is 0. The van der Waals surface area contributed by atoms with Crippen molar-refractivity contribution in [2.75, 3.05) is 20.2 Å². The molecule has 6 heteroatoms. The normalized spacial score (nSPS) is 9.95. The second kappa shape index (κ2) is 6.70. The molecule has 1 aromatic rings. The highest BCUT2D eigenvalue weighted by molar-refractivity contribution is 6.02. The molecule has 0 heterocycles. The molecular weight excluding hydrogens is 260 g/mol. The highest BCUT2D eigenvalue weighted by Crippen LogP contribution is 2.14. The van der Waals surface area contributed by atoms with Crippen LogP contribution in [-0.2, 0) is 4.74 Å². The smallest absolute Gasteiger partial charge is 0.337 e. The van der Waals surface area contributed by atoms with Crippen molar-refractivity contribution in [1.29, 1.82) is 0 Å². The molecule has 0 spiro atoms. The number of benzene rings is 1. The van der Waals surface area contributed by atoms with Crippen LogP contribution in [0.15, 0.2) is 18.2 Å². The Morgan fingerprint density at radius 1 is 1.05 bits per heavy atom. The first-order chi connectivity index (χ1) is 9.44. The van der Waals surface area contributed by atoms with Gasteiger partial charge in [0.25, 0.3) is 5.91 Å². The van der Waals surface area contributed by atoms with Crippen molar-refractivity contribution in [2.45, 2.75) is 13.8 Å². The van der Waals surface area contributed by atoms with Crippen LogP contribution in [0.5, 0.6) is 0 Å². The van der Waals surface area contributed by atoms with Crippen molar-refractivity contribution < 1.29 is 19.1 Å². The topological polar surface area (TPSA) is 89.7 Å². The zero-order chi connectivity index (χ0) is 15.3. The van der Waals surface area contributed by atoms with E-state index in [0.29, 0.717) is 13.1 Å². The summed E-state index contributed by atoms with van der Waals surface area (Å²) >= 11 is 0. The van der Waals surface area contributed by atoms with E-state index in [1.165, 1.54) is 25.3 Å². The van der Waals surface area contributed by atoms with Gasteiger partial charge < -0.3 is 15.4 Å². The van der Waals surface area contributed by atoms with E-state index in [0.717, 1.165) is 0 Å². The maximum Gasteiger partial charge on any atom is 0.337 e. The van der Waals surface area contributed by atoms with E-state index in [1.807, 2.05) is 13.8 Å². The molecule has 1 rings (SSSR count). The summed E-state index contributed by atoms with van der Waals surface area (Å²) in [7, 11) is 1.23. The van der Waals surface area contributed by atoms with Crippen molar-refractivity contribution in [2.24, 2.45) is 5.73 Å². The lowest BCUT2D eigenvalue weighted by atomic mass is 10.0. The Morgan fingerprint density at radius 2 is 1.55 bits per heavy atom. The number of primary amides is 1. The summed E-state index contributed by atoms with van der Waals surface area (Å²) in [5.74, 6) is -1.59. The zero-order valence-corrected chi connectivity index (χ0v) is 11.8. The molecule has 0 aliphatic heterocycles. The molecule has 0 atom stereocenters. The van der Waals surface area contributed by atoms with Crippen molar-refractivity contribution in [3.8, 4) is 0 Å². The summed E-state index contributed by atoms with van der Waals surface area (Å²) < 4.78 is 4.60. The Labute approximate surface area is 117 Å². The molecule has 2 amide bonds. The third-order valence-corrected chi connectivity index (χ3v) is 2.94. The fraction of sp³-hybridized carbons (Fsp3) is 0.357. The van der Waals surface area contributed by atoms with Gasteiger partial charge in [0.05, 0.1) is 12.7 Å². The number of hydrogen-bond donors (Lipinski definition) is 1. The summed E-state index contributed by atoms with van der Waals surface area (Å²) in [5.41, 5.74) is 5.68. The second-order valence-electron chi connectivity index (χ2n) is 4.13. The van der Waals surface area contributed by atoms with E-state index in [1.54, 1.807) is 4.90 Å². The molecule has 108 valence electrons. The molecule has 0 aromatic heterocycles. The number of carbonyl (C=O) groups is 3. The Bertz CT molecular complexity index is 536. The second-order valence-corrected chi connectivity index (χ2v) is 4.13. The van der Waals surface area contributed by atoms with Crippen LogP contribution in [0, 0.1) is 0 Å². The molecular formula is C14H18N2O4. The van der Waals surface area contributed by atoms with Gasteiger partial charge in [-0.15, -0.1) is 0 Å². The third-order valence-electron chi connectivity index (χ3n) is 2.94. The Kier molecular flexibility index (Phi) is 5.25. The first kappa shape index (κ1) is 15.7. The van der Waals surface area contributed by atoms with Gasteiger partial charge >= 0.3 is 5.97 Å². The first-order valence-electron chi connectivity index (χ1n) is 6.27. The number of amides is 2. The van der Waals surface area contributed by atoms with Gasteiger partial charge in [-0.2, -0.15) is 0 Å². The zero-order valence-electron chi connectivity index (χ0n) is 11.8. The van der Waals surface area contributed by atoms with Crippen LogP contribution in [0.1, 0.15) is 44.9 Å². The highest BCUT2D eigenvalue weighted by Gasteiger charge is 2.18. The third kappa shape index (κ3) is 3.34. The fourth-order valence-corrected chi connectivity index (χ4v) is 1.82. The minimum atomic E-state index is -0.704. The molecule has 0 saturated heterocycles. The van der Waals surface area contributed by atoms with Crippen LogP contribution in [0.3, 0.4) is 0 Å². The average molecular weight is 278 g/mol. The van der Waals surface area contributed by atoms with Gasteiger partial charge in [0.1, 0.15) is 0 Å².